The predicted molar refractivity (Wildman–Crippen MR) is 116 cm³/mol. The number of carbonyl (C=O) groups excluding carboxylic acids is 1. The van der Waals surface area contributed by atoms with E-state index in [-0.39, 0.29) is 12.1 Å². The van der Waals surface area contributed by atoms with Crippen LogP contribution in [0.5, 0.6) is 0 Å². The van der Waals surface area contributed by atoms with Gasteiger partial charge in [0.05, 0.1) is 5.52 Å². The molecule has 1 atom stereocenters. The number of benzene rings is 1. The number of fused-ring (bicyclic) bond motifs is 1. The average Bonchev–Trinajstić information content (AvgIpc) is 2.99. The Morgan fingerprint density at radius 3 is 2.60 bits per heavy atom. The van der Waals surface area contributed by atoms with Crippen LogP contribution in [-0.2, 0) is 0 Å². The Hall–Kier alpha value is -2.74. The van der Waals surface area contributed by atoms with E-state index in [1.807, 2.05) is 29.2 Å². The minimum atomic E-state index is -0.885. The van der Waals surface area contributed by atoms with Gasteiger partial charge >= 0.3 is 12.1 Å². The molecule has 1 aromatic heterocycles. The van der Waals surface area contributed by atoms with Crippen molar-refractivity contribution in [2.24, 2.45) is 0 Å². The highest BCUT2D eigenvalue weighted by Crippen LogP contribution is 2.28. The molecule has 30 heavy (non-hydrogen) atoms. The molecule has 2 aromatic rings. The number of nitrogens with zero attached hydrogens (tertiary/aromatic N) is 4. The van der Waals surface area contributed by atoms with Crippen molar-refractivity contribution in [2.45, 2.75) is 25.3 Å². The first-order valence-electron chi connectivity index (χ1n) is 10.3. The Labute approximate surface area is 180 Å². The number of piperazine rings is 1. The van der Waals surface area contributed by atoms with Crippen LogP contribution in [-0.4, -0.2) is 77.3 Å². The zero-order chi connectivity index (χ0) is 21.1. The molecule has 0 saturated carbocycles. The summed E-state index contributed by atoms with van der Waals surface area (Å²) in [4.78, 5) is 33.8. The third-order valence-corrected chi connectivity index (χ3v) is 6.15. The third-order valence-electron chi connectivity index (χ3n) is 5.92. The fraction of sp³-hybridized carbons (Fsp3) is 0.476. The lowest BCUT2D eigenvalue weighted by molar-refractivity contribution is 0.146. The summed E-state index contributed by atoms with van der Waals surface area (Å²) in [6, 6.07) is 7.69. The number of nitrogens with one attached hydrogen (secondary N) is 1. The van der Waals surface area contributed by atoms with Gasteiger partial charge in [0.1, 0.15) is 0 Å². The third kappa shape index (κ3) is 4.53. The van der Waals surface area contributed by atoms with Crippen molar-refractivity contribution in [3.8, 4) is 0 Å². The van der Waals surface area contributed by atoms with Gasteiger partial charge in [0.15, 0.2) is 0 Å². The zero-order valence-electron chi connectivity index (χ0n) is 16.8. The van der Waals surface area contributed by atoms with Gasteiger partial charge < -0.3 is 25.1 Å². The van der Waals surface area contributed by atoms with E-state index in [2.05, 4.69) is 15.2 Å². The summed E-state index contributed by atoms with van der Waals surface area (Å²) in [7, 11) is 0. The summed E-state index contributed by atoms with van der Waals surface area (Å²) in [5.41, 5.74) is 1.97. The minimum Gasteiger partial charge on any atom is -0.465 e. The molecule has 2 aliphatic rings. The van der Waals surface area contributed by atoms with Gasteiger partial charge in [-0.3, -0.25) is 4.98 Å². The first-order valence-corrected chi connectivity index (χ1v) is 10.7. The van der Waals surface area contributed by atoms with Crippen LogP contribution in [0.1, 0.15) is 19.3 Å². The second kappa shape index (κ2) is 8.95. The molecule has 1 unspecified atom stereocenters. The number of amides is 3. The average molecular weight is 432 g/mol. The van der Waals surface area contributed by atoms with Crippen LogP contribution in [0.15, 0.2) is 30.5 Å². The number of urea groups is 1. The van der Waals surface area contributed by atoms with Gasteiger partial charge in [0.2, 0.25) is 0 Å². The Morgan fingerprint density at radius 2 is 1.83 bits per heavy atom. The first kappa shape index (κ1) is 20.5. The number of carbonyl (C=O) groups is 2. The second-order valence-corrected chi connectivity index (χ2v) is 8.25. The minimum absolute atomic E-state index is 0.0220. The Kier molecular flexibility index (Phi) is 6.13. The first-order chi connectivity index (χ1) is 14.5. The van der Waals surface area contributed by atoms with E-state index in [1.165, 1.54) is 4.90 Å². The van der Waals surface area contributed by atoms with Crippen LogP contribution >= 0.6 is 11.6 Å². The maximum atomic E-state index is 12.7. The number of carboxylic acid groups (broad SMARTS) is 1. The molecule has 2 fully saturated rings. The molecule has 2 saturated heterocycles. The number of rotatable bonds is 2. The summed E-state index contributed by atoms with van der Waals surface area (Å²) >= 11 is 6.09. The van der Waals surface area contributed by atoms with Crippen molar-refractivity contribution >= 4 is 40.3 Å². The number of pyridine rings is 1. The van der Waals surface area contributed by atoms with Crippen molar-refractivity contribution in [3.05, 3.63) is 35.5 Å². The van der Waals surface area contributed by atoms with Gasteiger partial charge in [-0.05, 0) is 43.5 Å². The molecule has 3 heterocycles. The van der Waals surface area contributed by atoms with E-state index in [0.717, 1.165) is 42.5 Å². The second-order valence-electron chi connectivity index (χ2n) is 7.81. The number of anilines is 1. The standard InChI is InChI=1S/C21H26ClN5O3/c22-15-3-4-17-18(14-15)23-7-5-19(17)25-10-12-26(13-11-25)20(28)24-16-2-1-8-27(9-6-16)21(29)30/h3-5,7,14,16H,1-2,6,8-13H2,(H,24,28)(H,29,30). The maximum Gasteiger partial charge on any atom is 0.407 e. The summed E-state index contributed by atoms with van der Waals surface area (Å²) in [6.45, 7) is 3.76. The topological polar surface area (TPSA) is 89.0 Å². The Bertz CT molecular complexity index is 932. The van der Waals surface area contributed by atoms with Crippen molar-refractivity contribution < 1.29 is 14.7 Å². The molecular formula is C21H26ClN5O3. The number of aromatic nitrogens is 1. The zero-order valence-corrected chi connectivity index (χ0v) is 17.5. The van der Waals surface area contributed by atoms with Crippen LogP contribution in [0.25, 0.3) is 10.9 Å². The van der Waals surface area contributed by atoms with E-state index in [4.69, 9.17) is 16.7 Å². The lowest BCUT2D eigenvalue weighted by atomic mass is 10.1. The highest BCUT2D eigenvalue weighted by atomic mass is 35.5. The molecule has 8 nitrogen and oxygen atoms in total. The lowest BCUT2D eigenvalue weighted by Crippen LogP contribution is -2.53. The molecule has 0 spiro atoms. The lowest BCUT2D eigenvalue weighted by Gasteiger charge is -2.37. The predicted octanol–water partition coefficient (Wildman–Crippen LogP) is 3.25. The van der Waals surface area contributed by atoms with Crippen molar-refractivity contribution in [2.75, 3.05) is 44.2 Å². The van der Waals surface area contributed by atoms with Crippen LogP contribution in [0.3, 0.4) is 0 Å². The van der Waals surface area contributed by atoms with Gasteiger partial charge in [-0.25, -0.2) is 9.59 Å². The smallest absolute Gasteiger partial charge is 0.407 e. The molecule has 0 radical (unpaired) electrons. The number of hydrogen-bond acceptors (Lipinski definition) is 4. The van der Waals surface area contributed by atoms with Gasteiger partial charge in [-0.1, -0.05) is 11.6 Å². The van der Waals surface area contributed by atoms with Gasteiger partial charge in [-0.2, -0.15) is 0 Å². The summed E-state index contributed by atoms with van der Waals surface area (Å²) in [6.07, 6.45) is 3.14. The maximum absolute atomic E-state index is 12.7. The fourth-order valence-corrected chi connectivity index (χ4v) is 4.40. The SMILES string of the molecule is O=C(O)N1CCCC(NC(=O)N2CCN(c3ccnc4cc(Cl)ccc34)CC2)CC1. The van der Waals surface area contributed by atoms with Gasteiger partial charge in [0, 0.05) is 67.6 Å². The number of hydrogen-bond donors (Lipinski definition) is 2. The molecule has 1 aromatic carbocycles. The van der Waals surface area contributed by atoms with Gasteiger partial charge in [-0.15, -0.1) is 0 Å². The monoisotopic (exact) mass is 431 g/mol. The Morgan fingerprint density at radius 1 is 1.03 bits per heavy atom. The summed E-state index contributed by atoms with van der Waals surface area (Å²) in [5.74, 6) is 0. The number of halogens is 1. The van der Waals surface area contributed by atoms with Gasteiger partial charge in [0.25, 0.3) is 0 Å². The molecule has 2 aliphatic heterocycles. The summed E-state index contributed by atoms with van der Waals surface area (Å²) < 4.78 is 0. The largest absolute Gasteiger partial charge is 0.465 e. The summed E-state index contributed by atoms with van der Waals surface area (Å²) in [5, 5.41) is 14.0. The fourth-order valence-electron chi connectivity index (χ4n) is 4.23. The van der Waals surface area contributed by atoms with Crippen molar-refractivity contribution in [3.63, 3.8) is 0 Å². The quantitative estimate of drug-likeness (QED) is 0.761. The molecule has 4 rings (SSSR count). The van der Waals surface area contributed by atoms with Crippen LogP contribution in [0.4, 0.5) is 15.3 Å². The normalized spacial score (nSPS) is 20.2. The highest BCUT2D eigenvalue weighted by molar-refractivity contribution is 6.31. The Balaban J connectivity index is 1.33. The molecular weight excluding hydrogens is 406 g/mol. The highest BCUT2D eigenvalue weighted by Gasteiger charge is 2.26. The van der Waals surface area contributed by atoms with Crippen molar-refractivity contribution in [1.82, 2.24) is 20.1 Å². The van der Waals surface area contributed by atoms with E-state index in [1.54, 1.807) is 6.20 Å². The molecule has 9 heteroatoms. The van der Waals surface area contributed by atoms with E-state index >= 15 is 0 Å². The number of likely N-dealkylation sites (tertiary alicyclic amines) is 1. The van der Waals surface area contributed by atoms with Crippen LogP contribution < -0.4 is 10.2 Å². The van der Waals surface area contributed by atoms with E-state index in [0.29, 0.717) is 37.6 Å². The molecule has 2 N–H and O–H groups in total. The van der Waals surface area contributed by atoms with Crippen LogP contribution in [0, 0.1) is 0 Å². The molecule has 0 bridgehead atoms. The molecule has 0 aliphatic carbocycles. The van der Waals surface area contributed by atoms with Crippen molar-refractivity contribution in [1.29, 1.82) is 0 Å². The van der Waals surface area contributed by atoms with Crippen LogP contribution in [0.2, 0.25) is 5.02 Å². The molecule has 160 valence electrons. The van der Waals surface area contributed by atoms with E-state index in [9.17, 15) is 9.59 Å². The van der Waals surface area contributed by atoms with E-state index < -0.39 is 6.09 Å². The molecule has 3 amide bonds.